The van der Waals surface area contributed by atoms with Gasteiger partial charge in [0.25, 0.3) is 0 Å². The fraction of sp³-hybridized carbons (Fsp3) is 0.500. The minimum atomic E-state index is 0.369. The average Bonchev–Trinajstić information content (AvgIpc) is 1.88. The smallest absolute Gasteiger partial charge is 0.0812 e. The summed E-state index contributed by atoms with van der Waals surface area (Å²) in [7, 11) is 0. The normalized spacial score (nSPS) is 18.0. The summed E-state index contributed by atoms with van der Waals surface area (Å²) >= 11 is 11.0. The molecule has 0 atom stereocenters. The minimum absolute atomic E-state index is 0.369. The van der Waals surface area contributed by atoms with Crippen LogP contribution in [0.25, 0.3) is 0 Å². The molecular weight excluding hydrogens is 167 g/mol. The van der Waals surface area contributed by atoms with Crippen molar-refractivity contribution in [3.05, 3.63) is 22.2 Å². The van der Waals surface area contributed by atoms with Gasteiger partial charge in [0.1, 0.15) is 4.49 Å². The van der Waals surface area contributed by atoms with Gasteiger partial charge in [0.2, 0.25) is 0 Å². The average molecular weight is 177 g/mol. The minimum Gasteiger partial charge on any atom is -0.0812 e. The van der Waals surface area contributed by atoms with Crippen molar-refractivity contribution in [3.8, 4) is 0 Å². The Morgan fingerprint density at radius 2 is 2.20 bits per heavy atom. The van der Waals surface area contributed by atoms with E-state index in [0.29, 0.717) is 4.49 Å². The first kappa shape index (κ1) is 8.16. The molecule has 1 rings (SSSR count). The van der Waals surface area contributed by atoms with Gasteiger partial charge >= 0.3 is 0 Å². The van der Waals surface area contributed by atoms with E-state index >= 15 is 0 Å². The largest absolute Gasteiger partial charge is 0.107 e. The van der Waals surface area contributed by atoms with Crippen LogP contribution in [-0.4, -0.2) is 0 Å². The second-order valence-corrected chi connectivity index (χ2v) is 3.47. The maximum Gasteiger partial charge on any atom is 0.107 e. The second-order valence-electron chi connectivity index (χ2n) is 2.46. The lowest BCUT2D eigenvalue weighted by atomic mass is 10.00. The van der Waals surface area contributed by atoms with Crippen LogP contribution in [0.5, 0.6) is 0 Å². The molecule has 10 heavy (non-hydrogen) atoms. The maximum atomic E-state index is 5.50. The van der Waals surface area contributed by atoms with Crippen molar-refractivity contribution in [2.45, 2.75) is 25.7 Å². The Morgan fingerprint density at radius 1 is 1.40 bits per heavy atom. The predicted octanol–water partition coefficient (Wildman–Crippen LogP) is 3.81. The zero-order valence-electron chi connectivity index (χ0n) is 5.74. The van der Waals surface area contributed by atoms with E-state index in [-0.39, 0.29) is 0 Å². The molecule has 0 radical (unpaired) electrons. The molecule has 0 aromatic rings. The Morgan fingerprint density at radius 3 is 2.70 bits per heavy atom. The highest BCUT2D eigenvalue weighted by Gasteiger charge is 2.00. The summed E-state index contributed by atoms with van der Waals surface area (Å²) in [6.45, 7) is 0. The molecule has 0 aromatic carbocycles. The highest BCUT2D eigenvalue weighted by Crippen LogP contribution is 2.21. The van der Waals surface area contributed by atoms with Crippen LogP contribution in [0.15, 0.2) is 22.2 Å². The predicted molar refractivity (Wildman–Crippen MR) is 46.3 cm³/mol. The number of allylic oxidation sites excluding steroid dienone is 3. The van der Waals surface area contributed by atoms with Crippen molar-refractivity contribution in [2.24, 2.45) is 0 Å². The number of hydrogen-bond donors (Lipinski definition) is 0. The fourth-order valence-corrected chi connectivity index (χ4v) is 1.41. The fourth-order valence-electron chi connectivity index (χ4n) is 1.13. The van der Waals surface area contributed by atoms with Crippen LogP contribution in [-0.2, 0) is 0 Å². The molecule has 0 unspecified atom stereocenters. The maximum absolute atomic E-state index is 5.50. The molecule has 56 valence electrons. The summed E-state index contributed by atoms with van der Waals surface area (Å²) in [5.41, 5.74) is 1.28. The van der Waals surface area contributed by atoms with Gasteiger partial charge in [0.15, 0.2) is 0 Å². The molecule has 0 saturated carbocycles. The van der Waals surface area contributed by atoms with E-state index in [4.69, 9.17) is 23.2 Å². The van der Waals surface area contributed by atoms with Gasteiger partial charge in [-0.2, -0.15) is 0 Å². The lowest BCUT2D eigenvalue weighted by molar-refractivity contribution is 0.712. The van der Waals surface area contributed by atoms with Crippen LogP contribution in [0.1, 0.15) is 25.7 Å². The van der Waals surface area contributed by atoms with E-state index < -0.39 is 0 Å². The van der Waals surface area contributed by atoms with Crippen molar-refractivity contribution in [1.29, 1.82) is 0 Å². The summed E-state index contributed by atoms with van der Waals surface area (Å²) < 4.78 is 0.369. The molecule has 0 bridgehead atoms. The van der Waals surface area contributed by atoms with E-state index in [1.807, 2.05) is 6.08 Å². The molecule has 0 N–H and O–H groups in total. The quantitative estimate of drug-likeness (QED) is 0.571. The third-order valence-electron chi connectivity index (χ3n) is 1.62. The van der Waals surface area contributed by atoms with Crippen molar-refractivity contribution in [2.75, 3.05) is 0 Å². The van der Waals surface area contributed by atoms with Gasteiger partial charge in [0.05, 0.1) is 0 Å². The first-order valence-corrected chi connectivity index (χ1v) is 4.26. The standard InChI is InChI=1S/C8H10Cl2/c9-8(10)6-7-4-2-1-3-5-7/h4,6H,1-3,5H2. The summed E-state index contributed by atoms with van der Waals surface area (Å²) in [5, 5.41) is 0. The van der Waals surface area contributed by atoms with Crippen LogP contribution in [0.3, 0.4) is 0 Å². The molecule has 0 aliphatic heterocycles. The number of rotatable bonds is 1. The van der Waals surface area contributed by atoms with Gasteiger partial charge in [-0.05, 0) is 37.3 Å². The van der Waals surface area contributed by atoms with E-state index in [0.717, 1.165) is 6.42 Å². The molecule has 0 saturated heterocycles. The van der Waals surface area contributed by atoms with Crippen LogP contribution < -0.4 is 0 Å². The van der Waals surface area contributed by atoms with Gasteiger partial charge in [-0.3, -0.25) is 0 Å². The van der Waals surface area contributed by atoms with Crippen molar-refractivity contribution < 1.29 is 0 Å². The lowest BCUT2D eigenvalue weighted by Crippen LogP contribution is -1.87. The second kappa shape index (κ2) is 4.05. The molecule has 0 fully saturated rings. The summed E-state index contributed by atoms with van der Waals surface area (Å²) in [6.07, 6.45) is 8.91. The SMILES string of the molecule is ClC(Cl)=CC1=CCCCC1. The molecule has 0 amide bonds. The van der Waals surface area contributed by atoms with Crippen molar-refractivity contribution in [3.63, 3.8) is 0 Å². The topological polar surface area (TPSA) is 0 Å². The van der Waals surface area contributed by atoms with Crippen molar-refractivity contribution in [1.82, 2.24) is 0 Å². The van der Waals surface area contributed by atoms with E-state index in [1.54, 1.807) is 0 Å². The van der Waals surface area contributed by atoms with Gasteiger partial charge in [-0.25, -0.2) is 0 Å². The Hall–Kier alpha value is 0.0600. The monoisotopic (exact) mass is 176 g/mol. The lowest BCUT2D eigenvalue weighted by Gasteiger charge is -2.07. The number of halogens is 2. The third kappa shape index (κ3) is 2.76. The van der Waals surface area contributed by atoms with E-state index in [1.165, 1.54) is 24.8 Å². The zero-order valence-corrected chi connectivity index (χ0v) is 7.25. The molecule has 0 nitrogen and oxygen atoms in total. The molecule has 0 aromatic heterocycles. The molecule has 2 heteroatoms. The van der Waals surface area contributed by atoms with Crippen LogP contribution in [0.2, 0.25) is 0 Å². The van der Waals surface area contributed by atoms with Gasteiger partial charge < -0.3 is 0 Å². The summed E-state index contributed by atoms with van der Waals surface area (Å²) in [4.78, 5) is 0. The van der Waals surface area contributed by atoms with Gasteiger partial charge in [0, 0.05) is 0 Å². The molecular formula is C8H10Cl2. The van der Waals surface area contributed by atoms with Crippen LogP contribution >= 0.6 is 23.2 Å². The van der Waals surface area contributed by atoms with Crippen LogP contribution in [0, 0.1) is 0 Å². The molecule has 0 heterocycles. The van der Waals surface area contributed by atoms with Crippen molar-refractivity contribution >= 4 is 23.2 Å². The van der Waals surface area contributed by atoms with Crippen LogP contribution in [0.4, 0.5) is 0 Å². The molecule has 0 spiro atoms. The van der Waals surface area contributed by atoms with E-state index in [2.05, 4.69) is 6.08 Å². The highest BCUT2D eigenvalue weighted by atomic mass is 35.5. The molecule has 1 aliphatic carbocycles. The van der Waals surface area contributed by atoms with Gasteiger partial charge in [-0.1, -0.05) is 29.3 Å². The Kier molecular flexibility index (Phi) is 3.30. The Labute approximate surface area is 71.5 Å². The molecule has 1 aliphatic rings. The summed E-state index contributed by atoms with van der Waals surface area (Å²) in [6, 6.07) is 0. The zero-order chi connectivity index (χ0) is 7.40. The Bertz CT molecular complexity index is 164. The van der Waals surface area contributed by atoms with Gasteiger partial charge in [-0.15, -0.1) is 0 Å². The Balaban J connectivity index is 2.54. The first-order chi connectivity index (χ1) is 4.79. The van der Waals surface area contributed by atoms with E-state index in [9.17, 15) is 0 Å². The summed E-state index contributed by atoms with van der Waals surface area (Å²) in [5.74, 6) is 0. The first-order valence-electron chi connectivity index (χ1n) is 3.51. The third-order valence-corrected chi connectivity index (χ3v) is 1.84. The number of hydrogen-bond acceptors (Lipinski definition) is 0. The highest BCUT2D eigenvalue weighted by molar-refractivity contribution is 6.56.